The van der Waals surface area contributed by atoms with Gasteiger partial charge in [0.2, 0.25) is 0 Å². The van der Waals surface area contributed by atoms with E-state index in [4.69, 9.17) is 0 Å². The van der Waals surface area contributed by atoms with Gasteiger partial charge in [0, 0.05) is 49.4 Å². The summed E-state index contributed by atoms with van der Waals surface area (Å²) in [5.41, 5.74) is 6.87. The summed E-state index contributed by atoms with van der Waals surface area (Å²) in [4.78, 5) is 41.8. The molecule has 4 rings (SSSR count). The number of hydrogen-bond acceptors (Lipinski definition) is 5. The van der Waals surface area contributed by atoms with Crippen LogP contribution in [-0.4, -0.2) is 39.8 Å². The van der Waals surface area contributed by atoms with E-state index in [0.717, 1.165) is 38.9 Å². The number of allylic oxidation sites excluding steroid dienone is 4. The molecule has 2 heterocycles. The first-order valence-electron chi connectivity index (χ1n) is 11.2. The fourth-order valence-electron chi connectivity index (χ4n) is 4.54. The second kappa shape index (κ2) is 9.45. The van der Waals surface area contributed by atoms with Gasteiger partial charge in [0.15, 0.2) is 11.6 Å². The Bertz CT molecular complexity index is 1310. The Morgan fingerprint density at radius 2 is 2.00 bits per heavy atom. The van der Waals surface area contributed by atoms with Crippen molar-refractivity contribution in [1.29, 1.82) is 0 Å². The Morgan fingerprint density at radius 1 is 1.18 bits per heavy atom. The highest BCUT2D eigenvalue weighted by Crippen LogP contribution is 2.35. The van der Waals surface area contributed by atoms with Crippen molar-refractivity contribution < 1.29 is 9.59 Å². The van der Waals surface area contributed by atoms with Crippen molar-refractivity contribution in [2.75, 3.05) is 7.05 Å². The number of hydrogen-bond donors (Lipinski definition) is 1. The molecule has 6 nitrogen and oxygen atoms in total. The molecule has 0 spiro atoms. The smallest absolute Gasteiger partial charge is 0.182 e. The van der Waals surface area contributed by atoms with Crippen molar-refractivity contribution in [3.05, 3.63) is 82.5 Å². The van der Waals surface area contributed by atoms with Gasteiger partial charge < -0.3 is 4.98 Å². The molecule has 0 fully saturated rings. The van der Waals surface area contributed by atoms with Crippen LogP contribution < -0.4 is 0 Å². The number of aryl methyl sites for hydroxylation is 1. The average Bonchev–Trinajstić information content (AvgIpc) is 3.41. The summed E-state index contributed by atoms with van der Waals surface area (Å²) >= 11 is 0. The van der Waals surface area contributed by atoms with Crippen LogP contribution >= 0.6 is 0 Å². The predicted octanol–water partition coefficient (Wildman–Crippen LogP) is 4.84. The number of aromatic nitrogens is 3. The van der Waals surface area contributed by atoms with Crippen LogP contribution in [0.5, 0.6) is 0 Å². The quantitative estimate of drug-likeness (QED) is 0.401. The van der Waals surface area contributed by atoms with E-state index < -0.39 is 0 Å². The molecule has 2 atom stereocenters. The van der Waals surface area contributed by atoms with Crippen LogP contribution in [0.4, 0.5) is 0 Å². The molecule has 0 saturated carbocycles. The Morgan fingerprint density at radius 3 is 2.79 bits per heavy atom. The van der Waals surface area contributed by atoms with Gasteiger partial charge in [0.1, 0.15) is 5.69 Å². The molecule has 6 heteroatoms. The molecule has 0 saturated heterocycles. The number of ketones is 2. The number of aromatic amines is 1. The number of fused-ring (bicyclic) bond motifs is 1. The van der Waals surface area contributed by atoms with Crippen molar-refractivity contribution in [3.63, 3.8) is 0 Å². The molecule has 2 aromatic heterocycles. The van der Waals surface area contributed by atoms with Crippen molar-refractivity contribution in [2.45, 2.75) is 33.6 Å². The Kier molecular flexibility index (Phi) is 6.45. The minimum absolute atomic E-state index is 0.00382. The van der Waals surface area contributed by atoms with Gasteiger partial charge >= 0.3 is 0 Å². The normalized spacial score (nSPS) is 16.8. The van der Waals surface area contributed by atoms with Crippen LogP contribution in [0.15, 0.2) is 65.1 Å². The maximum Gasteiger partial charge on any atom is 0.182 e. The first kappa shape index (κ1) is 22.5. The molecule has 168 valence electrons. The molecule has 33 heavy (non-hydrogen) atoms. The molecule has 2 unspecified atom stereocenters. The monoisotopic (exact) mass is 440 g/mol. The number of H-pyrrole nitrogens is 1. The van der Waals surface area contributed by atoms with Crippen LogP contribution in [0.3, 0.4) is 0 Å². The van der Waals surface area contributed by atoms with E-state index in [9.17, 15) is 9.59 Å². The highest BCUT2D eigenvalue weighted by molar-refractivity contribution is 6.03. The fourth-order valence-corrected chi connectivity index (χ4v) is 4.54. The zero-order valence-electron chi connectivity index (χ0n) is 19.4. The molecule has 1 aliphatic carbocycles. The summed E-state index contributed by atoms with van der Waals surface area (Å²) in [6.45, 7) is 6.03. The molecule has 0 radical (unpaired) electrons. The van der Waals surface area contributed by atoms with Gasteiger partial charge in [-0.05, 0) is 42.2 Å². The van der Waals surface area contributed by atoms with E-state index >= 15 is 0 Å². The highest BCUT2D eigenvalue weighted by atomic mass is 16.1. The minimum atomic E-state index is -0.0154. The molecule has 0 bridgehead atoms. The number of Topliss-reactive ketones (excluding diaryl/α,β-unsaturated/α-hetero) is 2. The standard InChI is InChI=1S/C27H28N4O2/c1-16-9-10-29-27(22(16)14-28-4)26(33)11-17(2)20-6-7-21(18(20)3)25(32)13-19-5-8-23-24(12-19)31-15-30-23/h5-10,12,14-15,17-18H,11,13H2,1-4H3,(H,30,31). The summed E-state index contributed by atoms with van der Waals surface area (Å²) in [6, 6.07) is 7.73. The van der Waals surface area contributed by atoms with Gasteiger partial charge in [0.25, 0.3) is 0 Å². The molecular weight excluding hydrogens is 412 g/mol. The van der Waals surface area contributed by atoms with Crippen LogP contribution in [0.25, 0.3) is 11.0 Å². The number of carbonyl (C=O) groups excluding carboxylic acids is 2. The van der Waals surface area contributed by atoms with Crippen LogP contribution in [0.2, 0.25) is 0 Å². The summed E-state index contributed by atoms with van der Waals surface area (Å²) in [5, 5.41) is 0. The lowest BCUT2D eigenvalue weighted by atomic mass is 9.83. The van der Waals surface area contributed by atoms with Crippen LogP contribution in [0.1, 0.15) is 47.4 Å². The van der Waals surface area contributed by atoms with Gasteiger partial charge in [-0.25, -0.2) is 4.98 Å². The minimum Gasteiger partial charge on any atom is -0.345 e. The third-order valence-corrected chi connectivity index (χ3v) is 6.38. The molecule has 0 aliphatic heterocycles. The van der Waals surface area contributed by atoms with Gasteiger partial charge in [-0.1, -0.05) is 37.6 Å². The molecule has 3 aromatic rings. The molecule has 1 aliphatic rings. The van der Waals surface area contributed by atoms with E-state index in [-0.39, 0.29) is 23.4 Å². The lowest BCUT2D eigenvalue weighted by molar-refractivity contribution is -0.115. The van der Waals surface area contributed by atoms with Gasteiger partial charge in [-0.3, -0.25) is 19.6 Å². The summed E-state index contributed by atoms with van der Waals surface area (Å²) in [5.74, 6) is 0.0808. The summed E-state index contributed by atoms with van der Waals surface area (Å²) in [6.07, 6.45) is 9.61. The highest BCUT2D eigenvalue weighted by Gasteiger charge is 2.29. The third-order valence-electron chi connectivity index (χ3n) is 6.38. The predicted molar refractivity (Wildman–Crippen MR) is 131 cm³/mol. The number of carbonyl (C=O) groups is 2. The first-order valence-corrected chi connectivity index (χ1v) is 11.2. The first-order chi connectivity index (χ1) is 15.9. The van der Waals surface area contributed by atoms with Gasteiger partial charge in [0.05, 0.1) is 17.4 Å². The Labute approximate surface area is 193 Å². The van der Waals surface area contributed by atoms with Crippen molar-refractivity contribution in [3.8, 4) is 0 Å². The molecule has 1 N–H and O–H groups in total. The average molecular weight is 441 g/mol. The largest absolute Gasteiger partial charge is 0.345 e. The van der Waals surface area contributed by atoms with Crippen molar-refractivity contribution >= 4 is 28.8 Å². The number of aliphatic imine (C=N–C) groups is 1. The second-order valence-electron chi connectivity index (χ2n) is 8.67. The van der Waals surface area contributed by atoms with Gasteiger partial charge in [-0.2, -0.15) is 0 Å². The topological polar surface area (TPSA) is 88.1 Å². The van der Waals surface area contributed by atoms with Crippen LogP contribution in [-0.2, 0) is 11.2 Å². The third kappa shape index (κ3) is 4.60. The Hall–Kier alpha value is -3.67. The van der Waals surface area contributed by atoms with E-state index in [1.165, 1.54) is 0 Å². The summed E-state index contributed by atoms with van der Waals surface area (Å²) < 4.78 is 0. The van der Waals surface area contributed by atoms with E-state index in [0.29, 0.717) is 18.5 Å². The maximum atomic E-state index is 13.1. The van der Waals surface area contributed by atoms with E-state index in [1.54, 1.807) is 25.8 Å². The van der Waals surface area contributed by atoms with Crippen molar-refractivity contribution in [2.24, 2.45) is 16.8 Å². The molecular formula is C27H28N4O2. The number of rotatable bonds is 8. The number of imidazole rings is 1. The number of nitrogens with zero attached hydrogens (tertiary/aromatic N) is 3. The van der Waals surface area contributed by atoms with Gasteiger partial charge in [-0.15, -0.1) is 0 Å². The second-order valence-corrected chi connectivity index (χ2v) is 8.67. The van der Waals surface area contributed by atoms with E-state index in [2.05, 4.69) is 19.9 Å². The molecule has 1 aromatic carbocycles. The van der Waals surface area contributed by atoms with Crippen molar-refractivity contribution in [1.82, 2.24) is 15.0 Å². The maximum absolute atomic E-state index is 13.1. The van der Waals surface area contributed by atoms with E-state index in [1.807, 2.05) is 57.2 Å². The van der Waals surface area contributed by atoms with Crippen LogP contribution in [0, 0.1) is 18.8 Å². The summed E-state index contributed by atoms with van der Waals surface area (Å²) in [7, 11) is 1.69. The zero-order valence-corrected chi connectivity index (χ0v) is 19.4. The molecule has 0 amide bonds. The lowest BCUT2D eigenvalue weighted by Gasteiger charge is -2.20. The SMILES string of the molecule is CN=Cc1c(C)ccnc1C(=O)CC(C)C1=CC=C(C(=O)Cc2ccc3nc[nH]c3c2)C1C. The number of pyridine rings is 1. The fraction of sp³-hybridized carbons (Fsp3) is 0.296. The zero-order chi connectivity index (χ0) is 23.5. The Balaban J connectivity index is 1.42. The number of benzene rings is 1. The number of nitrogens with one attached hydrogen (secondary N) is 1. The lowest BCUT2D eigenvalue weighted by Crippen LogP contribution is -2.18.